The summed E-state index contributed by atoms with van der Waals surface area (Å²) in [5.41, 5.74) is 3.41. The lowest BCUT2D eigenvalue weighted by molar-refractivity contribution is 0.0984. The standard InChI is InChI=1S/C26H27N3O2S/c1-5-31-21-10-8-11-22-23(21)28-25(32-22)29(17-20-9-6-7-16-27-20)24(30)18-12-14-19(15-13-18)26(2,3)4/h6-16H,5,17H2,1-4H3. The highest BCUT2D eigenvalue weighted by Crippen LogP contribution is 2.35. The zero-order valence-electron chi connectivity index (χ0n) is 18.8. The van der Waals surface area contributed by atoms with Crippen molar-refractivity contribution >= 4 is 32.6 Å². The second kappa shape index (κ2) is 9.09. The Morgan fingerprint density at radius 1 is 1.03 bits per heavy atom. The van der Waals surface area contributed by atoms with E-state index >= 15 is 0 Å². The van der Waals surface area contributed by atoms with E-state index in [-0.39, 0.29) is 11.3 Å². The Morgan fingerprint density at radius 3 is 2.47 bits per heavy atom. The number of fused-ring (bicyclic) bond motifs is 1. The maximum Gasteiger partial charge on any atom is 0.260 e. The number of thiazole rings is 1. The molecule has 0 aliphatic rings. The first-order valence-electron chi connectivity index (χ1n) is 10.7. The number of pyridine rings is 1. The van der Waals surface area contributed by atoms with Crippen molar-refractivity contribution in [3.8, 4) is 5.75 Å². The molecule has 4 aromatic rings. The van der Waals surface area contributed by atoms with Gasteiger partial charge in [0, 0.05) is 11.8 Å². The van der Waals surface area contributed by atoms with Crippen LogP contribution in [-0.4, -0.2) is 22.5 Å². The van der Waals surface area contributed by atoms with E-state index in [2.05, 4.69) is 25.8 Å². The summed E-state index contributed by atoms with van der Waals surface area (Å²) in [5.74, 6) is 0.625. The summed E-state index contributed by atoms with van der Waals surface area (Å²) in [6.07, 6.45) is 1.74. The van der Waals surface area contributed by atoms with Gasteiger partial charge in [-0.15, -0.1) is 0 Å². The number of benzene rings is 2. The van der Waals surface area contributed by atoms with Gasteiger partial charge in [0.25, 0.3) is 5.91 Å². The Balaban J connectivity index is 1.74. The Kier molecular flexibility index (Phi) is 6.24. The lowest BCUT2D eigenvalue weighted by atomic mass is 9.86. The summed E-state index contributed by atoms with van der Waals surface area (Å²) in [7, 11) is 0. The van der Waals surface area contributed by atoms with Crippen molar-refractivity contribution in [2.24, 2.45) is 0 Å². The fourth-order valence-electron chi connectivity index (χ4n) is 3.45. The van der Waals surface area contributed by atoms with Crippen LogP contribution in [0.3, 0.4) is 0 Å². The number of para-hydroxylation sites is 1. The van der Waals surface area contributed by atoms with Crippen LogP contribution in [0.5, 0.6) is 5.75 Å². The van der Waals surface area contributed by atoms with Crippen molar-refractivity contribution in [2.45, 2.75) is 39.7 Å². The minimum atomic E-state index is -0.104. The molecule has 0 N–H and O–H groups in total. The highest BCUT2D eigenvalue weighted by atomic mass is 32.1. The van der Waals surface area contributed by atoms with Crippen LogP contribution in [0.15, 0.2) is 66.9 Å². The summed E-state index contributed by atoms with van der Waals surface area (Å²) >= 11 is 1.48. The third-order valence-electron chi connectivity index (χ3n) is 5.19. The van der Waals surface area contributed by atoms with Gasteiger partial charge in [-0.25, -0.2) is 4.98 Å². The number of carbonyl (C=O) groups excluding carboxylic acids is 1. The number of ether oxygens (including phenoxy) is 1. The van der Waals surface area contributed by atoms with Gasteiger partial charge in [-0.2, -0.15) is 0 Å². The van der Waals surface area contributed by atoms with E-state index in [0.717, 1.165) is 21.7 Å². The molecule has 0 aliphatic heterocycles. The van der Waals surface area contributed by atoms with E-state index in [0.29, 0.717) is 23.8 Å². The average Bonchev–Trinajstić information content (AvgIpc) is 3.22. The molecule has 0 bridgehead atoms. The first kappa shape index (κ1) is 22.0. The largest absolute Gasteiger partial charge is 0.492 e. The van der Waals surface area contributed by atoms with Crippen LogP contribution in [-0.2, 0) is 12.0 Å². The molecule has 0 radical (unpaired) electrons. The van der Waals surface area contributed by atoms with E-state index in [1.165, 1.54) is 16.9 Å². The molecule has 6 heteroatoms. The maximum atomic E-state index is 13.6. The van der Waals surface area contributed by atoms with Gasteiger partial charge in [0.2, 0.25) is 0 Å². The topological polar surface area (TPSA) is 55.3 Å². The normalized spacial score (nSPS) is 11.5. The van der Waals surface area contributed by atoms with Crippen molar-refractivity contribution in [1.82, 2.24) is 9.97 Å². The summed E-state index contributed by atoms with van der Waals surface area (Å²) in [6.45, 7) is 9.33. The lowest BCUT2D eigenvalue weighted by Gasteiger charge is -2.21. The molecule has 0 fully saturated rings. The molecule has 0 unspecified atom stereocenters. The molecule has 2 aromatic carbocycles. The summed E-state index contributed by atoms with van der Waals surface area (Å²) < 4.78 is 6.73. The Labute approximate surface area is 192 Å². The first-order valence-corrected chi connectivity index (χ1v) is 11.5. The fourth-order valence-corrected chi connectivity index (χ4v) is 4.43. The van der Waals surface area contributed by atoms with E-state index in [1.807, 2.05) is 67.6 Å². The number of hydrogen-bond donors (Lipinski definition) is 0. The van der Waals surface area contributed by atoms with E-state index < -0.39 is 0 Å². The van der Waals surface area contributed by atoms with Crippen molar-refractivity contribution in [2.75, 3.05) is 11.5 Å². The van der Waals surface area contributed by atoms with Crippen LogP contribution in [0.1, 0.15) is 49.3 Å². The van der Waals surface area contributed by atoms with Crippen molar-refractivity contribution in [1.29, 1.82) is 0 Å². The molecule has 5 nitrogen and oxygen atoms in total. The van der Waals surface area contributed by atoms with Crippen LogP contribution in [0, 0.1) is 0 Å². The molecule has 32 heavy (non-hydrogen) atoms. The molecule has 0 spiro atoms. The summed E-state index contributed by atoms with van der Waals surface area (Å²) in [4.78, 5) is 24.6. The van der Waals surface area contributed by atoms with E-state index in [4.69, 9.17) is 9.72 Å². The molecular formula is C26H27N3O2S. The molecule has 4 rings (SSSR count). The van der Waals surface area contributed by atoms with Gasteiger partial charge in [0.1, 0.15) is 11.3 Å². The predicted octanol–water partition coefficient (Wildman–Crippen LogP) is 6.23. The van der Waals surface area contributed by atoms with Gasteiger partial charge in [-0.05, 0) is 54.3 Å². The number of nitrogens with zero attached hydrogens (tertiary/aromatic N) is 3. The van der Waals surface area contributed by atoms with Gasteiger partial charge in [-0.3, -0.25) is 14.7 Å². The van der Waals surface area contributed by atoms with Crippen LogP contribution in [0.25, 0.3) is 10.2 Å². The molecule has 0 aliphatic carbocycles. The SMILES string of the molecule is CCOc1cccc2sc(N(Cc3ccccn3)C(=O)c3ccc(C(C)(C)C)cc3)nc12. The number of carbonyl (C=O) groups is 1. The molecule has 0 atom stereocenters. The van der Waals surface area contributed by atoms with E-state index in [9.17, 15) is 4.79 Å². The van der Waals surface area contributed by atoms with Gasteiger partial charge in [0.15, 0.2) is 5.13 Å². The van der Waals surface area contributed by atoms with Crippen LogP contribution in [0.4, 0.5) is 5.13 Å². The van der Waals surface area contributed by atoms with Gasteiger partial charge in [-0.1, -0.05) is 56.4 Å². The smallest absolute Gasteiger partial charge is 0.260 e. The average molecular weight is 446 g/mol. The van der Waals surface area contributed by atoms with Gasteiger partial charge < -0.3 is 4.74 Å². The lowest BCUT2D eigenvalue weighted by Crippen LogP contribution is -2.30. The second-order valence-electron chi connectivity index (χ2n) is 8.57. The fraction of sp³-hybridized carbons (Fsp3) is 0.269. The van der Waals surface area contributed by atoms with Crippen LogP contribution < -0.4 is 9.64 Å². The predicted molar refractivity (Wildman–Crippen MR) is 131 cm³/mol. The molecular weight excluding hydrogens is 418 g/mol. The Bertz CT molecular complexity index is 1210. The molecule has 0 saturated heterocycles. The van der Waals surface area contributed by atoms with Gasteiger partial charge >= 0.3 is 0 Å². The third-order valence-corrected chi connectivity index (χ3v) is 6.23. The Hall–Kier alpha value is -3.25. The number of amides is 1. The quantitative estimate of drug-likeness (QED) is 0.353. The molecule has 0 saturated carbocycles. The highest BCUT2D eigenvalue weighted by Gasteiger charge is 2.24. The van der Waals surface area contributed by atoms with Crippen molar-refractivity contribution in [3.05, 3.63) is 83.7 Å². The van der Waals surface area contributed by atoms with E-state index in [1.54, 1.807) is 11.1 Å². The summed E-state index contributed by atoms with van der Waals surface area (Å²) in [6, 6.07) is 19.4. The monoisotopic (exact) mass is 445 g/mol. The first-order chi connectivity index (χ1) is 15.4. The minimum absolute atomic E-state index is 0.0257. The van der Waals surface area contributed by atoms with Crippen molar-refractivity contribution in [3.63, 3.8) is 0 Å². The third kappa shape index (κ3) is 4.65. The number of rotatable bonds is 6. The van der Waals surface area contributed by atoms with Crippen molar-refractivity contribution < 1.29 is 9.53 Å². The molecule has 164 valence electrons. The number of anilines is 1. The maximum absolute atomic E-state index is 13.6. The van der Waals surface area contributed by atoms with Gasteiger partial charge in [0.05, 0.1) is 23.5 Å². The van der Waals surface area contributed by atoms with Crippen LogP contribution >= 0.6 is 11.3 Å². The number of aromatic nitrogens is 2. The summed E-state index contributed by atoms with van der Waals surface area (Å²) in [5, 5.41) is 0.628. The Morgan fingerprint density at radius 2 is 1.81 bits per heavy atom. The second-order valence-corrected chi connectivity index (χ2v) is 9.58. The number of hydrogen-bond acceptors (Lipinski definition) is 5. The molecule has 2 heterocycles. The highest BCUT2D eigenvalue weighted by molar-refractivity contribution is 7.22. The minimum Gasteiger partial charge on any atom is -0.492 e. The molecule has 1 amide bonds. The zero-order valence-corrected chi connectivity index (χ0v) is 19.6. The van der Waals surface area contributed by atoms with Crippen LogP contribution in [0.2, 0.25) is 0 Å². The zero-order chi connectivity index (χ0) is 22.7. The molecule has 2 aromatic heterocycles.